The summed E-state index contributed by atoms with van der Waals surface area (Å²) in [6.45, 7) is 4.05. The zero-order valence-electron chi connectivity index (χ0n) is 13.9. The van der Waals surface area contributed by atoms with Gasteiger partial charge in [-0.05, 0) is 35.7 Å². The minimum atomic E-state index is -0.537. The minimum absolute atomic E-state index is 0.0384. The van der Waals surface area contributed by atoms with Crippen LogP contribution in [0.2, 0.25) is 5.02 Å². The number of benzene rings is 2. The highest BCUT2D eigenvalue weighted by Gasteiger charge is 2.13. The zero-order chi connectivity index (χ0) is 18.4. The molecule has 0 unspecified atom stereocenters. The van der Waals surface area contributed by atoms with Crippen molar-refractivity contribution in [3.05, 3.63) is 64.8 Å². The van der Waals surface area contributed by atoms with Crippen molar-refractivity contribution in [1.82, 2.24) is 0 Å². The number of carbonyl (C=O) groups excluding carboxylic acids is 1. The van der Waals surface area contributed by atoms with Crippen LogP contribution in [0.15, 0.2) is 54.2 Å². The monoisotopic (exact) mass is 355 g/mol. The molecule has 1 amide bonds. The van der Waals surface area contributed by atoms with Crippen LogP contribution in [0.3, 0.4) is 0 Å². The molecule has 0 spiro atoms. The smallest absolute Gasteiger partial charge is 0.267 e. The quantitative estimate of drug-likeness (QED) is 0.415. The molecule has 128 valence electrons. The summed E-state index contributed by atoms with van der Waals surface area (Å²) in [5, 5.41) is 24.9. The molecule has 0 radical (unpaired) electrons. The predicted octanol–water partition coefficient (Wildman–Crippen LogP) is 4.63. The van der Waals surface area contributed by atoms with Gasteiger partial charge in [-0.1, -0.05) is 43.6 Å². The number of amides is 1. The predicted molar refractivity (Wildman–Crippen MR) is 99.6 cm³/mol. The number of hydrogen-bond acceptors (Lipinski definition) is 4. The molecule has 0 aliphatic heterocycles. The Labute approximate surface area is 151 Å². The first-order valence-electron chi connectivity index (χ1n) is 7.68. The van der Waals surface area contributed by atoms with Crippen LogP contribution in [0.25, 0.3) is 0 Å². The van der Waals surface area contributed by atoms with Gasteiger partial charge in [0, 0.05) is 16.9 Å². The summed E-state index contributed by atoms with van der Waals surface area (Å²) in [6.07, 6.45) is 1.23. The van der Waals surface area contributed by atoms with Crippen LogP contribution in [0.1, 0.15) is 25.3 Å². The topological polar surface area (TPSA) is 85.2 Å². The second-order valence-corrected chi connectivity index (χ2v) is 6.11. The van der Waals surface area contributed by atoms with E-state index in [1.54, 1.807) is 6.07 Å². The molecule has 0 bridgehead atoms. The van der Waals surface area contributed by atoms with Crippen molar-refractivity contribution in [1.29, 1.82) is 5.26 Å². The molecule has 0 fully saturated rings. The first kappa shape index (κ1) is 18.4. The summed E-state index contributed by atoms with van der Waals surface area (Å²) in [7, 11) is 0. The fourth-order valence-corrected chi connectivity index (χ4v) is 2.40. The van der Waals surface area contributed by atoms with Crippen molar-refractivity contribution in [2.24, 2.45) is 0 Å². The average molecular weight is 356 g/mol. The maximum absolute atomic E-state index is 12.4. The Balaban J connectivity index is 2.19. The van der Waals surface area contributed by atoms with Crippen LogP contribution in [0.4, 0.5) is 11.4 Å². The molecule has 25 heavy (non-hydrogen) atoms. The highest BCUT2D eigenvalue weighted by Crippen LogP contribution is 2.27. The molecule has 0 aliphatic carbocycles. The largest absolute Gasteiger partial charge is 0.506 e. The summed E-state index contributed by atoms with van der Waals surface area (Å²) in [5.74, 6) is -0.347. The number of nitriles is 1. The first-order chi connectivity index (χ1) is 11.9. The van der Waals surface area contributed by atoms with Crippen LogP contribution >= 0.6 is 11.6 Å². The van der Waals surface area contributed by atoms with E-state index in [1.807, 2.05) is 38.1 Å². The molecule has 0 atom stereocenters. The Hall–Kier alpha value is -2.97. The first-order valence-corrected chi connectivity index (χ1v) is 8.05. The van der Waals surface area contributed by atoms with Gasteiger partial charge in [-0.2, -0.15) is 5.26 Å². The lowest BCUT2D eigenvalue weighted by Gasteiger charge is -2.13. The molecule has 2 rings (SSSR count). The van der Waals surface area contributed by atoms with Crippen LogP contribution in [0, 0.1) is 11.3 Å². The van der Waals surface area contributed by atoms with E-state index in [9.17, 15) is 15.2 Å². The van der Waals surface area contributed by atoms with E-state index in [0.717, 1.165) is 5.56 Å². The van der Waals surface area contributed by atoms with E-state index in [4.69, 9.17) is 11.6 Å². The Morgan fingerprint density at radius 1 is 1.24 bits per heavy atom. The molecule has 5 nitrogen and oxygen atoms in total. The van der Waals surface area contributed by atoms with Gasteiger partial charge in [0.1, 0.15) is 17.4 Å². The van der Waals surface area contributed by atoms with E-state index >= 15 is 0 Å². The number of anilines is 2. The van der Waals surface area contributed by atoms with Gasteiger partial charge in [0.25, 0.3) is 5.91 Å². The van der Waals surface area contributed by atoms with E-state index in [-0.39, 0.29) is 17.2 Å². The number of phenolic OH excluding ortho intramolecular Hbond substituents is 1. The van der Waals surface area contributed by atoms with Crippen molar-refractivity contribution in [2.75, 3.05) is 10.6 Å². The van der Waals surface area contributed by atoms with Gasteiger partial charge in [-0.15, -0.1) is 0 Å². The summed E-state index contributed by atoms with van der Waals surface area (Å²) in [4.78, 5) is 12.4. The van der Waals surface area contributed by atoms with E-state index in [2.05, 4.69) is 10.6 Å². The van der Waals surface area contributed by atoms with E-state index in [1.165, 1.54) is 24.4 Å². The fourth-order valence-electron chi connectivity index (χ4n) is 2.23. The minimum Gasteiger partial charge on any atom is -0.506 e. The van der Waals surface area contributed by atoms with Gasteiger partial charge in [0.2, 0.25) is 0 Å². The fraction of sp³-hybridized carbons (Fsp3) is 0.158. The lowest BCUT2D eigenvalue weighted by atomic mass is 10.0. The number of para-hydroxylation sites is 1. The molecule has 2 aromatic rings. The third-order valence-corrected chi connectivity index (χ3v) is 3.76. The van der Waals surface area contributed by atoms with Crippen LogP contribution < -0.4 is 10.6 Å². The third-order valence-electron chi connectivity index (χ3n) is 3.53. The van der Waals surface area contributed by atoms with Crippen molar-refractivity contribution >= 4 is 28.9 Å². The molecular formula is C19H18ClN3O2. The highest BCUT2D eigenvalue weighted by molar-refractivity contribution is 6.30. The lowest BCUT2D eigenvalue weighted by Crippen LogP contribution is -2.16. The Morgan fingerprint density at radius 2 is 1.96 bits per heavy atom. The Kier molecular flexibility index (Phi) is 6.04. The molecule has 0 heterocycles. The van der Waals surface area contributed by atoms with Crippen LogP contribution in [0.5, 0.6) is 5.75 Å². The Bertz CT molecular complexity index is 854. The zero-order valence-corrected chi connectivity index (χ0v) is 14.6. The number of rotatable bonds is 5. The number of aromatic hydroxyl groups is 1. The molecular weight excluding hydrogens is 338 g/mol. The number of carbonyl (C=O) groups is 1. The number of hydrogen-bond donors (Lipinski definition) is 3. The Morgan fingerprint density at radius 3 is 2.64 bits per heavy atom. The van der Waals surface area contributed by atoms with Crippen LogP contribution in [-0.2, 0) is 4.79 Å². The average Bonchev–Trinajstić information content (AvgIpc) is 2.58. The van der Waals surface area contributed by atoms with Gasteiger partial charge in [-0.25, -0.2) is 0 Å². The molecule has 0 saturated heterocycles. The molecule has 2 aromatic carbocycles. The molecule has 0 aromatic heterocycles. The lowest BCUT2D eigenvalue weighted by molar-refractivity contribution is -0.112. The number of nitrogens with one attached hydrogen (secondary N) is 2. The van der Waals surface area contributed by atoms with Crippen molar-refractivity contribution in [3.63, 3.8) is 0 Å². The van der Waals surface area contributed by atoms with Gasteiger partial charge in [-0.3, -0.25) is 4.79 Å². The SMILES string of the molecule is CC(C)c1ccccc1NC(=O)/C(C#N)=C\Nc1cc(Cl)ccc1O. The van der Waals surface area contributed by atoms with Gasteiger partial charge >= 0.3 is 0 Å². The number of phenols is 1. The van der Waals surface area contributed by atoms with Gasteiger partial charge in [0.05, 0.1) is 5.69 Å². The van der Waals surface area contributed by atoms with Gasteiger partial charge in [0.15, 0.2) is 0 Å². The van der Waals surface area contributed by atoms with E-state index < -0.39 is 5.91 Å². The maximum Gasteiger partial charge on any atom is 0.267 e. The number of nitrogens with zero attached hydrogens (tertiary/aromatic N) is 1. The van der Waals surface area contributed by atoms with E-state index in [0.29, 0.717) is 16.4 Å². The standard InChI is InChI=1S/C19H18ClN3O2/c1-12(2)15-5-3-4-6-16(15)23-19(25)13(10-21)11-22-17-9-14(20)7-8-18(17)24/h3-9,11-12,22,24H,1-2H3,(H,23,25)/b13-11-. The third kappa shape index (κ3) is 4.75. The second-order valence-electron chi connectivity index (χ2n) is 5.67. The molecule has 0 saturated carbocycles. The second kappa shape index (κ2) is 8.22. The summed E-state index contributed by atoms with van der Waals surface area (Å²) in [5.41, 5.74) is 1.82. The van der Waals surface area contributed by atoms with Crippen molar-refractivity contribution < 1.29 is 9.90 Å². The molecule has 0 aliphatic rings. The number of halogens is 1. The highest BCUT2D eigenvalue weighted by atomic mass is 35.5. The summed E-state index contributed by atoms with van der Waals surface area (Å²) < 4.78 is 0. The summed E-state index contributed by atoms with van der Waals surface area (Å²) >= 11 is 5.87. The maximum atomic E-state index is 12.4. The van der Waals surface area contributed by atoms with Crippen molar-refractivity contribution in [3.8, 4) is 11.8 Å². The normalized spacial score (nSPS) is 11.1. The summed E-state index contributed by atoms with van der Waals surface area (Å²) in [6, 6.07) is 13.7. The van der Waals surface area contributed by atoms with Crippen LogP contribution in [-0.4, -0.2) is 11.0 Å². The molecule has 3 N–H and O–H groups in total. The molecule has 6 heteroatoms. The van der Waals surface area contributed by atoms with Crippen molar-refractivity contribution in [2.45, 2.75) is 19.8 Å². The van der Waals surface area contributed by atoms with Gasteiger partial charge < -0.3 is 15.7 Å².